The zero-order valence-corrected chi connectivity index (χ0v) is 8.07. The van der Waals surface area contributed by atoms with Crippen LogP contribution in [0.3, 0.4) is 0 Å². The first-order valence-electron chi connectivity index (χ1n) is 3.73. The minimum absolute atomic E-state index is 0.0740. The summed E-state index contributed by atoms with van der Waals surface area (Å²) in [6.45, 7) is 0.0740. The van der Waals surface area contributed by atoms with Crippen molar-refractivity contribution in [2.24, 2.45) is 0 Å². The number of ether oxygens (including phenoxy) is 1. The predicted octanol–water partition coefficient (Wildman–Crippen LogP) is 2.49. The standard InChI is InChI=1S/C9H7ClF2O2/c1-14-4-5-2-6(11)8(9(10)13)7(12)3-5/h2-3H,4H2,1H3. The molecule has 1 aromatic carbocycles. The molecule has 0 fully saturated rings. The van der Waals surface area contributed by atoms with Crippen molar-refractivity contribution in [3.05, 3.63) is 34.9 Å². The Hall–Kier alpha value is -1.000. The third-order valence-electron chi connectivity index (χ3n) is 1.61. The number of methoxy groups -OCH3 is 1. The lowest BCUT2D eigenvalue weighted by molar-refractivity contribution is 0.107. The Morgan fingerprint density at radius 3 is 2.29 bits per heavy atom. The van der Waals surface area contributed by atoms with Gasteiger partial charge in [-0.25, -0.2) is 8.78 Å². The first-order valence-corrected chi connectivity index (χ1v) is 4.10. The Bertz CT molecular complexity index is 343. The zero-order chi connectivity index (χ0) is 10.7. The van der Waals surface area contributed by atoms with Crippen LogP contribution in [-0.4, -0.2) is 12.4 Å². The Morgan fingerprint density at radius 1 is 1.43 bits per heavy atom. The molecule has 0 aromatic heterocycles. The van der Waals surface area contributed by atoms with Crippen molar-refractivity contribution in [1.29, 1.82) is 0 Å². The predicted molar refractivity (Wildman–Crippen MR) is 47.3 cm³/mol. The lowest BCUT2D eigenvalue weighted by atomic mass is 10.1. The van der Waals surface area contributed by atoms with Crippen LogP contribution in [0.1, 0.15) is 15.9 Å². The van der Waals surface area contributed by atoms with E-state index in [4.69, 9.17) is 11.6 Å². The maximum absolute atomic E-state index is 13.1. The van der Waals surface area contributed by atoms with E-state index >= 15 is 0 Å². The van der Waals surface area contributed by atoms with E-state index in [1.165, 1.54) is 7.11 Å². The molecule has 0 spiro atoms. The minimum atomic E-state index is -1.15. The van der Waals surface area contributed by atoms with Crippen molar-refractivity contribution in [3.8, 4) is 0 Å². The van der Waals surface area contributed by atoms with Crippen LogP contribution in [0, 0.1) is 11.6 Å². The minimum Gasteiger partial charge on any atom is -0.380 e. The smallest absolute Gasteiger partial charge is 0.258 e. The van der Waals surface area contributed by atoms with Crippen LogP contribution >= 0.6 is 11.6 Å². The van der Waals surface area contributed by atoms with E-state index in [0.717, 1.165) is 12.1 Å². The van der Waals surface area contributed by atoms with E-state index in [2.05, 4.69) is 4.74 Å². The first-order chi connectivity index (χ1) is 6.56. The van der Waals surface area contributed by atoms with Crippen molar-refractivity contribution in [2.45, 2.75) is 6.61 Å². The lowest BCUT2D eigenvalue weighted by Crippen LogP contribution is -2.02. The summed E-state index contributed by atoms with van der Waals surface area (Å²) in [6.07, 6.45) is 0. The summed E-state index contributed by atoms with van der Waals surface area (Å²) < 4.78 is 30.9. The molecule has 5 heteroatoms. The highest BCUT2D eigenvalue weighted by molar-refractivity contribution is 6.67. The van der Waals surface area contributed by atoms with Crippen LogP contribution in [0.15, 0.2) is 12.1 Å². The molecule has 0 unspecified atom stereocenters. The fourth-order valence-electron chi connectivity index (χ4n) is 1.06. The van der Waals surface area contributed by atoms with Gasteiger partial charge in [-0.2, -0.15) is 0 Å². The van der Waals surface area contributed by atoms with Gasteiger partial charge >= 0.3 is 0 Å². The second-order valence-corrected chi connectivity index (χ2v) is 2.98. The quantitative estimate of drug-likeness (QED) is 0.732. The Labute approximate surface area is 84.4 Å². The van der Waals surface area contributed by atoms with Gasteiger partial charge in [-0.3, -0.25) is 4.79 Å². The van der Waals surface area contributed by atoms with Gasteiger partial charge in [0.15, 0.2) is 0 Å². The molecular weight excluding hydrogens is 214 g/mol. The van der Waals surface area contributed by atoms with E-state index in [-0.39, 0.29) is 6.61 Å². The Morgan fingerprint density at radius 2 is 1.93 bits per heavy atom. The highest BCUT2D eigenvalue weighted by Gasteiger charge is 2.16. The maximum Gasteiger partial charge on any atom is 0.258 e. The number of benzene rings is 1. The van der Waals surface area contributed by atoms with E-state index in [0.29, 0.717) is 5.56 Å². The monoisotopic (exact) mass is 220 g/mol. The topological polar surface area (TPSA) is 26.3 Å². The summed E-state index contributed by atoms with van der Waals surface area (Å²) in [7, 11) is 1.40. The molecule has 0 heterocycles. The normalized spacial score (nSPS) is 10.3. The maximum atomic E-state index is 13.1. The van der Waals surface area contributed by atoms with Gasteiger partial charge < -0.3 is 4.74 Å². The summed E-state index contributed by atoms with van der Waals surface area (Å²) in [6, 6.07) is 2.03. The van der Waals surface area contributed by atoms with Gasteiger partial charge in [-0.15, -0.1) is 0 Å². The van der Waals surface area contributed by atoms with Crippen LogP contribution < -0.4 is 0 Å². The van der Waals surface area contributed by atoms with Gasteiger partial charge in [-0.05, 0) is 29.3 Å². The molecule has 2 nitrogen and oxygen atoms in total. The molecule has 0 aliphatic heterocycles. The van der Waals surface area contributed by atoms with Crippen molar-refractivity contribution >= 4 is 16.8 Å². The van der Waals surface area contributed by atoms with Gasteiger partial charge in [0, 0.05) is 7.11 Å². The van der Waals surface area contributed by atoms with Gasteiger partial charge in [0.25, 0.3) is 5.24 Å². The van der Waals surface area contributed by atoms with Crippen molar-refractivity contribution in [3.63, 3.8) is 0 Å². The number of hydrogen-bond acceptors (Lipinski definition) is 2. The molecule has 0 aliphatic carbocycles. The molecular formula is C9H7ClF2O2. The van der Waals surface area contributed by atoms with Gasteiger partial charge in [-0.1, -0.05) is 0 Å². The molecule has 1 aromatic rings. The van der Waals surface area contributed by atoms with Crippen LogP contribution in [0.2, 0.25) is 0 Å². The number of carbonyl (C=O) groups is 1. The number of carbonyl (C=O) groups excluding carboxylic acids is 1. The third-order valence-corrected chi connectivity index (χ3v) is 1.80. The average molecular weight is 221 g/mol. The Balaban J connectivity index is 3.18. The van der Waals surface area contributed by atoms with E-state index in [1.807, 2.05) is 0 Å². The van der Waals surface area contributed by atoms with E-state index in [1.54, 1.807) is 0 Å². The van der Waals surface area contributed by atoms with Crippen molar-refractivity contribution in [2.75, 3.05) is 7.11 Å². The van der Waals surface area contributed by atoms with E-state index < -0.39 is 22.4 Å². The molecule has 0 radical (unpaired) electrons. The fourth-order valence-corrected chi connectivity index (χ4v) is 1.24. The Kier molecular flexibility index (Phi) is 3.55. The summed E-state index contributed by atoms with van der Waals surface area (Å²) in [5.41, 5.74) is -0.421. The third kappa shape index (κ3) is 2.27. The second kappa shape index (κ2) is 4.48. The molecule has 14 heavy (non-hydrogen) atoms. The lowest BCUT2D eigenvalue weighted by Gasteiger charge is -2.03. The SMILES string of the molecule is COCc1cc(F)c(C(=O)Cl)c(F)c1. The van der Waals surface area contributed by atoms with Crippen LogP contribution in [-0.2, 0) is 11.3 Å². The summed E-state index contributed by atoms with van der Waals surface area (Å²) in [5, 5.41) is -1.15. The van der Waals surface area contributed by atoms with Gasteiger partial charge in [0.05, 0.1) is 6.61 Å². The summed E-state index contributed by atoms with van der Waals surface area (Å²) in [5.74, 6) is -1.95. The zero-order valence-electron chi connectivity index (χ0n) is 7.31. The first kappa shape index (κ1) is 11.1. The van der Waals surface area contributed by atoms with Crippen LogP contribution in [0.4, 0.5) is 8.78 Å². The average Bonchev–Trinajstić information content (AvgIpc) is 2.01. The van der Waals surface area contributed by atoms with Crippen LogP contribution in [0.25, 0.3) is 0 Å². The van der Waals surface area contributed by atoms with Crippen molar-refractivity contribution in [1.82, 2.24) is 0 Å². The largest absolute Gasteiger partial charge is 0.380 e. The molecule has 0 atom stereocenters. The fraction of sp³-hybridized carbons (Fsp3) is 0.222. The van der Waals surface area contributed by atoms with Crippen molar-refractivity contribution < 1.29 is 18.3 Å². The van der Waals surface area contributed by atoms with Gasteiger partial charge in [0.2, 0.25) is 0 Å². The summed E-state index contributed by atoms with van der Waals surface area (Å²) in [4.78, 5) is 10.6. The molecule has 76 valence electrons. The number of rotatable bonds is 3. The van der Waals surface area contributed by atoms with Crippen LogP contribution in [0.5, 0.6) is 0 Å². The molecule has 1 rings (SSSR count). The highest BCUT2D eigenvalue weighted by atomic mass is 35.5. The molecule has 0 saturated carbocycles. The molecule has 0 amide bonds. The molecule has 0 aliphatic rings. The highest BCUT2D eigenvalue weighted by Crippen LogP contribution is 2.17. The van der Waals surface area contributed by atoms with E-state index in [9.17, 15) is 13.6 Å². The molecule has 0 bridgehead atoms. The molecule has 0 N–H and O–H groups in total. The summed E-state index contributed by atoms with van der Waals surface area (Å²) >= 11 is 4.99. The van der Waals surface area contributed by atoms with Gasteiger partial charge in [0.1, 0.15) is 17.2 Å². The second-order valence-electron chi connectivity index (χ2n) is 2.64. The number of hydrogen-bond donors (Lipinski definition) is 0. The number of halogens is 3. The molecule has 0 saturated heterocycles.